The topological polar surface area (TPSA) is 88.4 Å². The SMILES string of the molecule is CCC(C)C(NC(=O)c1ccc(Cl)cc1)C(=O)NCc1nnc2ccccn12. The molecule has 2 amide bonds. The number of carbonyl (C=O) groups excluding carboxylic acids is 2. The van der Waals surface area contributed by atoms with E-state index in [4.69, 9.17) is 11.6 Å². The normalized spacial score (nSPS) is 13.1. The number of halogens is 1. The van der Waals surface area contributed by atoms with Crippen LogP contribution in [-0.4, -0.2) is 32.5 Å². The fraction of sp³-hybridized carbons (Fsp3) is 0.300. The minimum absolute atomic E-state index is 0.0357. The van der Waals surface area contributed by atoms with Crippen molar-refractivity contribution in [2.75, 3.05) is 0 Å². The summed E-state index contributed by atoms with van der Waals surface area (Å²) in [6, 6.07) is 11.5. The standard InChI is InChI=1S/C20H22ClN5O2/c1-3-13(2)18(23-19(27)14-7-9-15(21)10-8-14)20(28)22-12-17-25-24-16-6-4-5-11-26(16)17/h4-11,13,18H,3,12H2,1-2H3,(H,22,28)(H,23,27). The van der Waals surface area contributed by atoms with E-state index in [0.29, 0.717) is 22.1 Å². The summed E-state index contributed by atoms with van der Waals surface area (Å²) in [7, 11) is 0. The molecule has 0 spiro atoms. The second-order valence-electron chi connectivity index (χ2n) is 6.61. The summed E-state index contributed by atoms with van der Waals surface area (Å²) in [6.07, 6.45) is 2.58. The molecule has 1 aromatic carbocycles. The monoisotopic (exact) mass is 399 g/mol. The maximum Gasteiger partial charge on any atom is 0.251 e. The minimum Gasteiger partial charge on any atom is -0.347 e. The van der Waals surface area contributed by atoms with Crippen LogP contribution < -0.4 is 10.6 Å². The third-order valence-electron chi connectivity index (χ3n) is 4.69. The number of pyridine rings is 1. The number of amides is 2. The minimum atomic E-state index is -0.660. The van der Waals surface area contributed by atoms with Crippen molar-refractivity contribution in [3.05, 3.63) is 65.1 Å². The van der Waals surface area contributed by atoms with Crippen LogP contribution in [0.4, 0.5) is 0 Å². The van der Waals surface area contributed by atoms with E-state index in [1.54, 1.807) is 24.3 Å². The first-order valence-electron chi connectivity index (χ1n) is 9.12. The van der Waals surface area contributed by atoms with Gasteiger partial charge in [-0.05, 0) is 42.3 Å². The Morgan fingerprint density at radius 1 is 1.14 bits per heavy atom. The van der Waals surface area contributed by atoms with Crippen molar-refractivity contribution in [3.8, 4) is 0 Å². The predicted molar refractivity (Wildman–Crippen MR) is 107 cm³/mol. The van der Waals surface area contributed by atoms with E-state index < -0.39 is 6.04 Å². The molecule has 0 fully saturated rings. The van der Waals surface area contributed by atoms with Crippen molar-refractivity contribution in [1.29, 1.82) is 0 Å². The van der Waals surface area contributed by atoms with Crippen LogP contribution in [0.25, 0.3) is 5.65 Å². The van der Waals surface area contributed by atoms with Gasteiger partial charge in [-0.2, -0.15) is 0 Å². The first kappa shape index (κ1) is 19.8. The number of rotatable bonds is 7. The molecule has 2 N–H and O–H groups in total. The molecule has 146 valence electrons. The molecule has 0 aliphatic carbocycles. The van der Waals surface area contributed by atoms with E-state index in [1.807, 2.05) is 42.6 Å². The molecule has 3 rings (SSSR count). The summed E-state index contributed by atoms with van der Waals surface area (Å²) >= 11 is 5.87. The zero-order valence-electron chi connectivity index (χ0n) is 15.7. The molecule has 0 saturated heterocycles. The second-order valence-corrected chi connectivity index (χ2v) is 7.04. The van der Waals surface area contributed by atoms with E-state index in [2.05, 4.69) is 20.8 Å². The van der Waals surface area contributed by atoms with E-state index in [-0.39, 0.29) is 24.3 Å². The summed E-state index contributed by atoms with van der Waals surface area (Å²) < 4.78 is 1.81. The number of fused-ring (bicyclic) bond motifs is 1. The van der Waals surface area contributed by atoms with Gasteiger partial charge in [0.25, 0.3) is 5.91 Å². The molecule has 28 heavy (non-hydrogen) atoms. The van der Waals surface area contributed by atoms with Crippen LogP contribution in [0.1, 0.15) is 36.5 Å². The van der Waals surface area contributed by atoms with Crippen LogP contribution in [0.3, 0.4) is 0 Å². The van der Waals surface area contributed by atoms with Crippen LogP contribution >= 0.6 is 11.6 Å². The Morgan fingerprint density at radius 3 is 2.61 bits per heavy atom. The van der Waals surface area contributed by atoms with Gasteiger partial charge in [-0.3, -0.25) is 14.0 Å². The van der Waals surface area contributed by atoms with Crippen LogP contribution in [0.2, 0.25) is 5.02 Å². The molecule has 2 heterocycles. The highest BCUT2D eigenvalue weighted by atomic mass is 35.5. The fourth-order valence-electron chi connectivity index (χ4n) is 2.82. The number of hydrogen-bond donors (Lipinski definition) is 2. The van der Waals surface area contributed by atoms with Gasteiger partial charge >= 0.3 is 0 Å². The van der Waals surface area contributed by atoms with E-state index in [9.17, 15) is 9.59 Å². The summed E-state index contributed by atoms with van der Waals surface area (Å²) in [5.74, 6) is 0.0108. The molecule has 2 unspecified atom stereocenters. The molecule has 0 saturated carbocycles. The lowest BCUT2D eigenvalue weighted by Gasteiger charge is -2.23. The zero-order chi connectivity index (χ0) is 20.1. The van der Waals surface area contributed by atoms with E-state index >= 15 is 0 Å². The third kappa shape index (κ3) is 4.48. The lowest BCUT2D eigenvalue weighted by molar-refractivity contribution is -0.124. The Bertz CT molecular complexity index is 970. The van der Waals surface area contributed by atoms with Crippen LogP contribution in [0.15, 0.2) is 48.7 Å². The molecule has 0 aliphatic rings. The van der Waals surface area contributed by atoms with Gasteiger partial charge in [-0.1, -0.05) is 37.9 Å². The Labute approximate surface area is 168 Å². The maximum absolute atomic E-state index is 12.8. The Morgan fingerprint density at radius 2 is 1.89 bits per heavy atom. The van der Waals surface area contributed by atoms with Gasteiger partial charge < -0.3 is 10.6 Å². The van der Waals surface area contributed by atoms with Crippen molar-refractivity contribution in [3.63, 3.8) is 0 Å². The Hall–Kier alpha value is -2.93. The fourth-order valence-corrected chi connectivity index (χ4v) is 2.94. The van der Waals surface area contributed by atoms with Crippen LogP contribution in [-0.2, 0) is 11.3 Å². The summed E-state index contributed by atoms with van der Waals surface area (Å²) in [5, 5.41) is 14.4. The highest BCUT2D eigenvalue weighted by Gasteiger charge is 2.26. The quantitative estimate of drug-likeness (QED) is 0.639. The number of nitrogens with one attached hydrogen (secondary N) is 2. The number of hydrogen-bond acceptors (Lipinski definition) is 4. The Kier molecular flexibility index (Phi) is 6.26. The summed E-state index contributed by atoms with van der Waals surface area (Å²) in [6.45, 7) is 4.12. The van der Waals surface area contributed by atoms with Gasteiger partial charge in [0, 0.05) is 16.8 Å². The van der Waals surface area contributed by atoms with Crippen LogP contribution in [0, 0.1) is 5.92 Å². The van der Waals surface area contributed by atoms with Gasteiger partial charge in [0.1, 0.15) is 6.04 Å². The van der Waals surface area contributed by atoms with Crippen LogP contribution in [0.5, 0.6) is 0 Å². The summed E-state index contributed by atoms with van der Waals surface area (Å²) in [4.78, 5) is 25.3. The molecule has 3 aromatic rings. The number of nitrogens with zero attached hydrogens (tertiary/aromatic N) is 3. The lowest BCUT2D eigenvalue weighted by atomic mass is 9.98. The largest absolute Gasteiger partial charge is 0.347 e. The van der Waals surface area contributed by atoms with Crippen molar-refractivity contribution >= 4 is 29.1 Å². The highest BCUT2D eigenvalue weighted by Crippen LogP contribution is 2.12. The molecule has 0 radical (unpaired) electrons. The molecule has 2 atom stereocenters. The van der Waals surface area contributed by atoms with Crippen molar-refractivity contribution in [1.82, 2.24) is 25.2 Å². The number of benzene rings is 1. The lowest BCUT2D eigenvalue weighted by Crippen LogP contribution is -2.50. The third-order valence-corrected chi connectivity index (χ3v) is 4.95. The van der Waals surface area contributed by atoms with Gasteiger partial charge in [-0.25, -0.2) is 0 Å². The van der Waals surface area contributed by atoms with E-state index in [1.165, 1.54) is 0 Å². The molecule has 8 heteroatoms. The average Bonchev–Trinajstić information content (AvgIpc) is 3.13. The van der Waals surface area contributed by atoms with Crippen molar-refractivity contribution in [2.45, 2.75) is 32.9 Å². The summed E-state index contributed by atoms with van der Waals surface area (Å²) in [5.41, 5.74) is 1.16. The van der Waals surface area contributed by atoms with Gasteiger partial charge in [-0.15, -0.1) is 10.2 Å². The Balaban J connectivity index is 1.69. The highest BCUT2D eigenvalue weighted by molar-refractivity contribution is 6.30. The predicted octanol–water partition coefficient (Wildman–Crippen LogP) is 2.84. The number of aromatic nitrogens is 3. The van der Waals surface area contributed by atoms with Gasteiger partial charge in [0.15, 0.2) is 11.5 Å². The van der Waals surface area contributed by atoms with Crippen molar-refractivity contribution < 1.29 is 9.59 Å². The molecule has 0 aliphatic heterocycles. The van der Waals surface area contributed by atoms with E-state index in [0.717, 1.165) is 6.42 Å². The molecule has 0 bridgehead atoms. The molecular formula is C20H22ClN5O2. The first-order valence-corrected chi connectivity index (χ1v) is 9.50. The first-order chi connectivity index (χ1) is 13.5. The maximum atomic E-state index is 12.8. The smallest absolute Gasteiger partial charge is 0.251 e. The molecule has 2 aromatic heterocycles. The average molecular weight is 400 g/mol. The van der Waals surface area contributed by atoms with Gasteiger partial charge in [0.05, 0.1) is 6.54 Å². The molecular weight excluding hydrogens is 378 g/mol. The van der Waals surface area contributed by atoms with Gasteiger partial charge in [0.2, 0.25) is 5.91 Å². The number of carbonyl (C=O) groups is 2. The molecule has 7 nitrogen and oxygen atoms in total. The zero-order valence-corrected chi connectivity index (χ0v) is 16.5. The van der Waals surface area contributed by atoms with Crippen molar-refractivity contribution in [2.24, 2.45) is 5.92 Å². The second kappa shape index (κ2) is 8.84.